The molecule has 0 bridgehead atoms. The molecule has 4 aromatic carbocycles. The molecule has 0 saturated heterocycles. The average molecular weight is 673 g/mol. The van der Waals surface area contributed by atoms with Crippen LogP contribution >= 0.6 is 0 Å². The van der Waals surface area contributed by atoms with Gasteiger partial charge in [-0.05, 0) is 60.4 Å². The minimum atomic E-state index is -4.36. The number of nitrogens with zero attached hydrogens (tertiary/aromatic N) is 3. The molecule has 4 aromatic rings. The summed E-state index contributed by atoms with van der Waals surface area (Å²) in [6, 6.07) is 26.1. The van der Waals surface area contributed by atoms with Gasteiger partial charge in [-0.25, -0.2) is 12.8 Å². The number of non-ortho nitro benzene ring substituents is 1. The molecule has 2 amide bonds. The van der Waals surface area contributed by atoms with E-state index in [-0.39, 0.29) is 41.2 Å². The summed E-state index contributed by atoms with van der Waals surface area (Å²) in [6.07, 6.45) is 4.83. The minimum absolute atomic E-state index is 0.0331. The Kier molecular flexibility index (Phi) is 11.2. The zero-order valence-corrected chi connectivity index (χ0v) is 27.1. The van der Waals surface area contributed by atoms with Crippen molar-refractivity contribution >= 4 is 33.2 Å². The minimum Gasteiger partial charge on any atom is -0.352 e. The van der Waals surface area contributed by atoms with Crippen molar-refractivity contribution in [2.45, 2.75) is 62.0 Å². The van der Waals surface area contributed by atoms with Crippen molar-refractivity contribution in [2.24, 2.45) is 0 Å². The number of benzene rings is 4. The van der Waals surface area contributed by atoms with Crippen molar-refractivity contribution in [3.05, 3.63) is 136 Å². The summed E-state index contributed by atoms with van der Waals surface area (Å²) in [6.45, 7) is -0.813. The summed E-state index contributed by atoms with van der Waals surface area (Å²) in [4.78, 5) is 40.7. The van der Waals surface area contributed by atoms with E-state index in [2.05, 4.69) is 5.32 Å². The van der Waals surface area contributed by atoms with E-state index in [1.165, 1.54) is 65.6 Å². The van der Waals surface area contributed by atoms with Crippen LogP contribution in [0.2, 0.25) is 0 Å². The molecular weight excluding hydrogens is 635 g/mol. The number of hydrogen-bond donors (Lipinski definition) is 1. The van der Waals surface area contributed by atoms with Gasteiger partial charge in [-0.3, -0.25) is 24.0 Å². The number of hydrogen-bond acceptors (Lipinski definition) is 6. The van der Waals surface area contributed by atoms with Gasteiger partial charge in [0, 0.05) is 31.1 Å². The summed E-state index contributed by atoms with van der Waals surface area (Å²) in [7, 11) is -4.36. The Morgan fingerprint density at radius 1 is 0.833 bits per heavy atom. The van der Waals surface area contributed by atoms with E-state index in [4.69, 9.17) is 0 Å². The first-order chi connectivity index (χ1) is 23.1. The molecule has 250 valence electrons. The van der Waals surface area contributed by atoms with Crippen molar-refractivity contribution in [1.29, 1.82) is 0 Å². The maximum absolute atomic E-state index is 14.5. The Morgan fingerprint density at radius 3 is 2.04 bits per heavy atom. The molecule has 48 heavy (non-hydrogen) atoms. The fraction of sp³-hybridized carbons (Fsp3) is 0.278. The first kappa shape index (κ1) is 34.2. The number of sulfonamides is 1. The van der Waals surface area contributed by atoms with Crippen LogP contribution in [0.5, 0.6) is 0 Å². The number of amides is 2. The largest absolute Gasteiger partial charge is 0.352 e. The first-order valence-corrected chi connectivity index (χ1v) is 17.3. The zero-order valence-electron chi connectivity index (χ0n) is 26.3. The van der Waals surface area contributed by atoms with Gasteiger partial charge in [0.05, 0.1) is 15.5 Å². The van der Waals surface area contributed by atoms with E-state index in [0.717, 1.165) is 42.0 Å². The Labute approximate surface area is 279 Å². The molecule has 5 rings (SSSR count). The maximum Gasteiger partial charge on any atom is 0.269 e. The molecule has 0 spiro atoms. The number of nitro benzene ring substituents is 1. The topological polar surface area (TPSA) is 130 Å². The number of nitrogens with one attached hydrogen (secondary N) is 1. The lowest BCUT2D eigenvalue weighted by atomic mass is 9.94. The molecule has 0 radical (unpaired) electrons. The lowest BCUT2D eigenvalue weighted by molar-refractivity contribution is -0.384. The van der Waals surface area contributed by atoms with Crippen molar-refractivity contribution in [2.75, 3.05) is 10.8 Å². The van der Waals surface area contributed by atoms with Crippen LogP contribution in [0, 0.1) is 15.9 Å². The molecule has 10 nitrogen and oxygen atoms in total. The Morgan fingerprint density at radius 2 is 1.44 bits per heavy atom. The maximum atomic E-state index is 14.5. The fourth-order valence-corrected chi connectivity index (χ4v) is 7.31. The molecule has 1 aliphatic rings. The van der Waals surface area contributed by atoms with Crippen molar-refractivity contribution in [3.8, 4) is 0 Å². The summed E-state index contributed by atoms with van der Waals surface area (Å²) < 4.78 is 42.9. The number of halogens is 1. The molecule has 1 fully saturated rings. The Balaban J connectivity index is 1.56. The molecule has 0 unspecified atom stereocenters. The third-order valence-corrected chi connectivity index (χ3v) is 10.2. The van der Waals surface area contributed by atoms with E-state index in [9.17, 15) is 32.5 Å². The number of carbonyl (C=O) groups is 2. The molecule has 1 saturated carbocycles. The number of rotatable bonds is 13. The standard InChI is InChI=1S/C36H37FN4O6S/c37-29-18-16-28(17-19-29)25-39(34(24-27-10-4-1-5-11-27)36(43)38-30-12-6-2-7-13-30)35(42)26-40(31-20-22-32(23-21-31)41(44)45)48(46,47)33-14-8-3-9-15-33/h1,3-5,8-11,14-23,30,34H,2,6-7,12-13,24-26H2,(H,38,43)/t34-/m0/s1. The Bertz CT molecular complexity index is 1800. The highest BCUT2D eigenvalue weighted by Gasteiger charge is 2.35. The van der Waals surface area contributed by atoms with Crippen LogP contribution in [0.3, 0.4) is 0 Å². The highest BCUT2D eigenvalue weighted by Crippen LogP contribution is 2.27. The predicted octanol–water partition coefficient (Wildman–Crippen LogP) is 6.02. The van der Waals surface area contributed by atoms with Crippen LogP contribution in [0.4, 0.5) is 15.8 Å². The summed E-state index contributed by atoms with van der Waals surface area (Å²) in [5, 5.41) is 14.5. The van der Waals surface area contributed by atoms with Crippen LogP contribution in [-0.2, 0) is 32.6 Å². The fourth-order valence-electron chi connectivity index (χ4n) is 5.87. The molecule has 1 atom stereocenters. The third-order valence-electron chi connectivity index (χ3n) is 8.45. The molecule has 0 heterocycles. The molecular formula is C36H37FN4O6S. The smallest absolute Gasteiger partial charge is 0.269 e. The summed E-state index contributed by atoms with van der Waals surface area (Å²) >= 11 is 0. The van der Waals surface area contributed by atoms with Crippen molar-refractivity contribution in [1.82, 2.24) is 10.2 Å². The second kappa shape index (κ2) is 15.7. The van der Waals surface area contributed by atoms with Crippen LogP contribution in [0.1, 0.15) is 43.2 Å². The van der Waals surface area contributed by atoms with E-state index in [1.54, 1.807) is 18.2 Å². The zero-order chi connectivity index (χ0) is 34.1. The quantitative estimate of drug-likeness (QED) is 0.137. The summed E-state index contributed by atoms with van der Waals surface area (Å²) in [5.41, 5.74) is 1.12. The van der Waals surface area contributed by atoms with Gasteiger partial charge in [0.2, 0.25) is 11.8 Å². The highest BCUT2D eigenvalue weighted by molar-refractivity contribution is 7.92. The van der Waals surface area contributed by atoms with E-state index < -0.39 is 39.3 Å². The highest BCUT2D eigenvalue weighted by atomic mass is 32.2. The van der Waals surface area contributed by atoms with E-state index >= 15 is 0 Å². The predicted molar refractivity (Wildman–Crippen MR) is 180 cm³/mol. The van der Waals surface area contributed by atoms with Gasteiger partial charge in [0.1, 0.15) is 18.4 Å². The normalized spacial score (nSPS) is 14.1. The third kappa shape index (κ3) is 8.62. The van der Waals surface area contributed by atoms with Gasteiger partial charge in [0.25, 0.3) is 15.7 Å². The first-order valence-electron chi connectivity index (χ1n) is 15.8. The van der Waals surface area contributed by atoms with Gasteiger partial charge in [-0.15, -0.1) is 0 Å². The Hall–Kier alpha value is -5.10. The van der Waals surface area contributed by atoms with Gasteiger partial charge in [-0.1, -0.05) is 79.9 Å². The van der Waals surface area contributed by atoms with Crippen LogP contribution < -0.4 is 9.62 Å². The summed E-state index contributed by atoms with van der Waals surface area (Å²) in [5.74, 6) is -1.52. The number of nitro groups is 1. The second-order valence-electron chi connectivity index (χ2n) is 11.8. The number of anilines is 1. The van der Waals surface area contributed by atoms with Gasteiger partial charge < -0.3 is 10.2 Å². The van der Waals surface area contributed by atoms with Crippen LogP contribution in [-0.4, -0.2) is 48.7 Å². The van der Waals surface area contributed by atoms with Gasteiger partial charge in [0.15, 0.2) is 0 Å². The van der Waals surface area contributed by atoms with E-state index in [1.807, 2.05) is 30.3 Å². The van der Waals surface area contributed by atoms with Gasteiger partial charge in [-0.2, -0.15) is 0 Å². The molecule has 0 aromatic heterocycles. The van der Waals surface area contributed by atoms with Crippen LogP contribution in [0.15, 0.2) is 114 Å². The lowest BCUT2D eigenvalue weighted by Crippen LogP contribution is -2.55. The molecule has 1 N–H and O–H groups in total. The molecule has 1 aliphatic carbocycles. The average Bonchev–Trinajstić information content (AvgIpc) is 3.10. The van der Waals surface area contributed by atoms with Crippen LogP contribution in [0.25, 0.3) is 0 Å². The second-order valence-corrected chi connectivity index (χ2v) is 13.7. The number of carbonyl (C=O) groups excluding carboxylic acids is 2. The van der Waals surface area contributed by atoms with Crippen molar-refractivity contribution < 1.29 is 27.3 Å². The molecule has 0 aliphatic heterocycles. The SMILES string of the molecule is O=C(NC1CCCCC1)[C@H](Cc1ccccc1)N(Cc1ccc(F)cc1)C(=O)CN(c1ccc([N+](=O)[O-])cc1)S(=O)(=O)c1ccccc1. The monoisotopic (exact) mass is 672 g/mol. The van der Waals surface area contributed by atoms with E-state index in [0.29, 0.717) is 5.56 Å². The van der Waals surface area contributed by atoms with Gasteiger partial charge >= 0.3 is 0 Å². The lowest BCUT2D eigenvalue weighted by Gasteiger charge is -2.35. The molecule has 12 heteroatoms. The van der Waals surface area contributed by atoms with Crippen molar-refractivity contribution in [3.63, 3.8) is 0 Å².